The van der Waals surface area contributed by atoms with Crippen molar-refractivity contribution in [2.24, 2.45) is 5.92 Å². The lowest BCUT2D eigenvalue weighted by Gasteiger charge is -2.27. The molecule has 0 bridgehead atoms. The van der Waals surface area contributed by atoms with Gasteiger partial charge in [0.2, 0.25) is 0 Å². The number of nitrogens with one attached hydrogen (secondary N) is 1. The fourth-order valence-electron chi connectivity index (χ4n) is 3.21. The highest BCUT2D eigenvalue weighted by molar-refractivity contribution is 5.94. The third-order valence-electron chi connectivity index (χ3n) is 4.45. The first-order valence-corrected chi connectivity index (χ1v) is 7.74. The average Bonchev–Trinajstić information content (AvgIpc) is 2.53. The SMILES string of the molecule is CN(CCC1CCCNC1)c1cccc2ccccc12. The van der Waals surface area contributed by atoms with E-state index in [1.54, 1.807) is 0 Å². The largest absolute Gasteiger partial charge is 0.374 e. The van der Waals surface area contributed by atoms with Crippen LogP contribution in [0.2, 0.25) is 0 Å². The van der Waals surface area contributed by atoms with Crippen LogP contribution in [0, 0.1) is 5.92 Å². The molecular formula is C18H24N2. The Morgan fingerprint density at radius 2 is 2.00 bits per heavy atom. The van der Waals surface area contributed by atoms with E-state index in [-0.39, 0.29) is 0 Å². The highest BCUT2D eigenvalue weighted by Crippen LogP contribution is 2.26. The molecule has 1 heterocycles. The molecule has 106 valence electrons. The van der Waals surface area contributed by atoms with Gasteiger partial charge < -0.3 is 10.2 Å². The Labute approximate surface area is 121 Å². The Bertz CT molecular complexity index is 553. The molecule has 3 rings (SSSR count). The predicted molar refractivity (Wildman–Crippen MR) is 87.4 cm³/mol. The zero-order valence-electron chi connectivity index (χ0n) is 12.3. The van der Waals surface area contributed by atoms with Crippen LogP contribution in [0.4, 0.5) is 5.69 Å². The molecule has 0 radical (unpaired) electrons. The van der Waals surface area contributed by atoms with Gasteiger partial charge >= 0.3 is 0 Å². The minimum absolute atomic E-state index is 0.848. The molecule has 0 amide bonds. The fraction of sp³-hybridized carbons (Fsp3) is 0.444. The summed E-state index contributed by atoms with van der Waals surface area (Å²) in [7, 11) is 2.22. The van der Waals surface area contributed by atoms with Gasteiger partial charge in [-0.25, -0.2) is 0 Å². The first-order valence-electron chi connectivity index (χ1n) is 7.74. The lowest BCUT2D eigenvalue weighted by atomic mass is 9.96. The fourth-order valence-corrected chi connectivity index (χ4v) is 3.21. The summed E-state index contributed by atoms with van der Waals surface area (Å²) in [5.74, 6) is 0.848. The summed E-state index contributed by atoms with van der Waals surface area (Å²) in [6, 6.07) is 15.3. The maximum atomic E-state index is 3.51. The lowest BCUT2D eigenvalue weighted by molar-refractivity contribution is 0.360. The van der Waals surface area contributed by atoms with Gasteiger partial charge in [0.1, 0.15) is 0 Å². The zero-order chi connectivity index (χ0) is 13.8. The summed E-state index contributed by atoms with van der Waals surface area (Å²) in [5, 5.41) is 6.20. The van der Waals surface area contributed by atoms with E-state index in [9.17, 15) is 0 Å². The molecule has 0 spiro atoms. The van der Waals surface area contributed by atoms with Crippen LogP contribution in [0.3, 0.4) is 0 Å². The smallest absolute Gasteiger partial charge is 0.0443 e. The van der Waals surface area contributed by atoms with Gasteiger partial charge in [0.05, 0.1) is 0 Å². The maximum Gasteiger partial charge on any atom is 0.0443 e. The quantitative estimate of drug-likeness (QED) is 0.910. The highest BCUT2D eigenvalue weighted by Gasteiger charge is 2.14. The Morgan fingerprint density at radius 1 is 1.15 bits per heavy atom. The Morgan fingerprint density at radius 3 is 2.85 bits per heavy atom. The summed E-state index contributed by atoms with van der Waals surface area (Å²) in [5.41, 5.74) is 1.35. The highest BCUT2D eigenvalue weighted by atomic mass is 15.1. The van der Waals surface area contributed by atoms with Crippen LogP contribution in [0.1, 0.15) is 19.3 Å². The second-order valence-corrected chi connectivity index (χ2v) is 5.92. The molecule has 1 N–H and O–H groups in total. The number of anilines is 1. The summed E-state index contributed by atoms with van der Waals surface area (Å²) in [4.78, 5) is 2.41. The number of piperidine rings is 1. The number of hydrogen-bond donors (Lipinski definition) is 1. The lowest BCUT2D eigenvalue weighted by Crippen LogP contribution is -2.32. The summed E-state index contributed by atoms with van der Waals surface area (Å²) < 4.78 is 0. The topological polar surface area (TPSA) is 15.3 Å². The number of rotatable bonds is 4. The van der Waals surface area contributed by atoms with Crippen molar-refractivity contribution < 1.29 is 0 Å². The van der Waals surface area contributed by atoms with Gasteiger partial charge in [-0.3, -0.25) is 0 Å². The minimum Gasteiger partial charge on any atom is -0.374 e. The van der Waals surface area contributed by atoms with E-state index < -0.39 is 0 Å². The molecule has 0 aromatic heterocycles. The third kappa shape index (κ3) is 2.96. The molecule has 1 aliphatic heterocycles. The van der Waals surface area contributed by atoms with E-state index in [0.717, 1.165) is 12.5 Å². The van der Waals surface area contributed by atoms with Crippen molar-refractivity contribution in [2.75, 3.05) is 31.6 Å². The maximum absolute atomic E-state index is 3.51. The van der Waals surface area contributed by atoms with Crippen LogP contribution < -0.4 is 10.2 Å². The van der Waals surface area contributed by atoms with Gasteiger partial charge in [0, 0.05) is 24.7 Å². The monoisotopic (exact) mass is 268 g/mol. The Balaban J connectivity index is 1.70. The van der Waals surface area contributed by atoms with Crippen molar-refractivity contribution in [3.63, 3.8) is 0 Å². The second kappa shape index (κ2) is 6.27. The van der Waals surface area contributed by atoms with Crippen molar-refractivity contribution >= 4 is 16.5 Å². The van der Waals surface area contributed by atoms with Crippen LogP contribution in [0.15, 0.2) is 42.5 Å². The molecule has 2 nitrogen and oxygen atoms in total. The van der Waals surface area contributed by atoms with Gasteiger partial charge in [-0.05, 0) is 49.7 Å². The molecule has 1 saturated heterocycles. The molecule has 1 aliphatic rings. The van der Waals surface area contributed by atoms with E-state index >= 15 is 0 Å². The minimum atomic E-state index is 0.848. The first-order chi connectivity index (χ1) is 9.84. The molecule has 2 aromatic rings. The van der Waals surface area contributed by atoms with E-state index in [1.807, 2.05) is 0 Å². The Hall–Kier alpha value is -1.54. The van der Waals surface area contributed by atoms with Crippen LogP contribution in [-0.4, -0.2) is 26.7 Å². The van der Waals surface area contributed by atoms with Crippen LogP contribution >= 0.6 is 0 Å². The molecule has 0 aliphatic carbocycles. The summed E-state index contributed by atoms with van der Waals surface area (Å²) in [6.07, 6.45) is 4.01. The molecule has 1 fully saturated rings. The van der Waals surface area contributed by atoms with Crippen molar-refractivity contribution in [1.82, 2.24) is 5.32 Å². The molecule has 2 heteroatoms. The van der Waals surface area contributed by atoms with Crippen LogP contribution in [-0.2, 0) is 0 Å². The van der Waals surface area contributed by atoms with E-state index in [2.05, 4.69) is 59.7 Å². The van der Waals surface area contributed by atoms with E-state index in [4.69, 9.17) is 0 Å². The second-order valence-electron chi connectivity index (χ2n) is 5.92. The van der Waals surface area contributed by atoms with Gasteiger partial charge in [-0.1, -0.05) is 36.4 Å². The number of benzene rings is 2. The molecule has 2 aromatic carbocycles. The van der Waals surface area contributed by atoms with E-state index in [0.29, 0.717) is 0 Å². The van der Waals surface area contributed by atoms with Crippen LogP contribution in [0.5, 0.6) is 0 Å². The molecule has 1 unspecified atom stereocenters. The van der Waals surface area contributed by atoms with Gasteiger partial charge in [0.15, 0.2) is 0 Å². The van der Waals surface area contributed by atoms with Crippen LogP contribution in [0.25, 0.3) is 10.8 Å². The predicted octanol–water partition coefficient (Wildman–Crippen LogP) is 3.67. The third-order valence-corrected chi connectivity index (χ3v) is 4.45. The number of nitrogens with zero attached hydrogens (tertiary/aromatic N) is 1. The summed E-state index contributed by atoms with van der Waals surface area (Å²) >= 11 is 0. The molecular weight excluding hydrogens is 244 g/mol. The van der Waals surface area contributed by atoms with Gasteiger partial charge in [0.25, 0.3) is 0 Å². The Kier molecular flexibility index (Phi) is 4.22. The number of fused-ring (bicyclic) bond motifs is 1. The number of hydrogen-bond acceptors (Lipinski definition) is 2. The van der Waals surface area contributed by atoms with Gasteiger partial charge in [-0.15, -0.1) is 0 Å². The standard InChI is InChI=1S/C18H24N2/c1-20(13-11-15-6-5-12-19-14-15)18-10-4-8-16-7-2-3-9-17(16)18/h2-4,7-10,15,19H,5-6,11-14H2,1H3. The van der Waals surface area contributed by atoms with E-state index in [1.165, 1.54) is 48.8 Å². The van der Waals surface area contributed by atoms with Crippen molar-refractivity contribution in [1.29, 1.82) is 0 Å². The molecule has 1 atom stereocenters. The average molecular weight is 268 g/mol. The molecule has 20 heavy (non-hydrogen) atoms. The van der Waals surface area contributed by atoms with Crippen molar-refractivity contribution in [3.8, 4) is 0 Å². The van der Waals surface area contributed by atoms with Crippen molar-refractivity contribution in [3.05, 3.63) is 42.5 Å². The zero-order valence-corrected chi connectivity index (χ0v) is 12.3. The first kappa shape index (κ1) is 13.4. The summed E-state index contributed by atoms with van der Waals surface area (Å²) in [6.45, 7) is 3.54. The molecule has 0 saturated carbocycles. The van der Waals surface area contributed by atoms with Gasteiger partial charge in [-0.2, -0.15) is 0 Å². The van der Waals surface area contributed by atoms with Crippen molar-refractivity contribution in [2.45, 2.75) is 19.3 Å². The normalized spacial score (nSPS) is 19.1.